The summed E-state index contributed by atoms with van der Waals surface area (Å²) in [5.74, 6) is -0.0835. The Bertz CT molecular complexity index is 716. The molecule has 1 aliphatic carbocycles. The SMILES string of the molecule is CC(=O)[C@@H](C)n1nnc2sc3c(c2c1=O)CCCC3. The molecule has 0 amide bonds. The van der Waals surface area contributed by atoms with Crippen molar-refractivity contribution in [2.45, 2.75) is 45.6 Å². The molecule has 0 unspecified atom stereocenters. The molecule has 1 aliphatic rings. The van der Waals surface area contributed by atoms with Gasteiger partial charge in [-0.15, -0.1) is 16.4 Å². The molecule has 0 aliphatic heterocycles. The summed E-state index contributed by atoms with van der Waals surface area (Å²) in [5, 5.41) is 8.73. The molecule has 0 radical (unpaired) electrons. The summed E-state index contributed by atoms with van der Waals surface area (Å²) < 4.78 is 1.21. The zero-order valence-electron chi connectivity index (χ0n) is 11.0. The van der Waals surface area contributed by atoms with Gasteiger partial charge in [0.05, 0.1) is 5.39 Å². The number of aryl methyl sites for hydroxylation is 2. The third kappa shape index (κ3) is 1.90. The van der Waals surface area contributed by atoms with E-state index in [1.54, 1.807) is 18.3 Å². The molecule has 0 aromatic carbocycles. The van der Waals surface area contributed by atoms with Crippen molar-refractivity contribution in [2.75, 3.05) is 0 Å². The largest absolute Gasteiger partial charge is 0.298 e. The van der Waals surface area contributed by atoms with E-state index in [1.807, 2.05) is 0 Å². The maximum absolute atomic E-state index is 12.5. The first-order valence-electron chi connectivity index (χ1n) is 6.50. The lowest BCUT2D eigenvalue weighted by Gasteiger charge is -2.11. The van der Waals surface area contributed by atoms with Gasteiger partial charge in [0, 0.05) is 4.88 Å². The van der Waals surface area contributed by atoms with Crippen LogP contribution in [0.1, 0.15) is 43.2 Å². The van der Waals surface area contributed by atoms with Gasteiger partial charge in [-0.05, 0) is 45.1 Å². The molecule has 3 rings (SSSR count). The van der Waals surface area contributed by atoms with Crippen LogP contribution < -0.4 is 5.56 Å². The van der Waals surface area contributed by atoms with Gasteiger partial charge in [0.2, 0.25) is 0 Å². The Balaban J connectivity index is 2.26. The summed E-state index contributed by atoms with van der Waals surface area (Å²) in [6.07, 6.45) is 4.25. The molecular weight excluding hydrogens is 262 g/mol. The monoisotopic (exact) mass is 277 g/mol. The first kappa shape index (κ1) is 12.5. The predicted molar refractivity (Wildman–Crippen MR) is 73.7 cm³/mol. The van der Waals surface area contributed by atoms with E-state index >= 15 is 0 Å². The fourth-order valence-electron chi connectivity index (χ4n) is 2.51. The predicted octanol–water partition coefficient (Wildman–Crippen LogP) is 1.88. The third-order valence-corrected chi connectivity index (χ3v) is 4.94. The average molecular weight is 277 g/mol. The number of carbonyl (C=O) groups excluding carboxylic acids is 1. The quantitative estimate of drug-likeness (QED) is 0.840. The Labute approximate surface area is 114 Å². The number of Topliss-reactive ketones (excluding diaryl/α,β-unsaturated/α-hetero) is 1. The van der Waals surface area contributed by atoms with Crippen molar-refractivity contribution in [3.05, 3.63) is 20.8 Å². The van der Waals surface area contributed by atoms with E-state index in [0.717, 1.165) is 24.8 Å². The molecule has 0 spiro atoms. The Morgan fingerprint density at radius 3 is 2.84 bits per heavy atom. The van der Waals surface area contributed by atoms with Crippen LogP contribution in [0.2, 0.25) is 0 Å². The topological polar surface area (TPSA) is 64.8 Å². The van der Waals surface area contributed by atoms with Gasteiger partial charge in [-0.3, -0.25) is 9.59 Å². The number of hydrogen-bond donors (Lipinski definition) is 0. The number of ketones is 1. The van der Waals surface area contributed by atoms with Crippen LogP contribution in [0.25, 0.3) is 10.2 Å². The fourth-order valence-corrected chi connectivity index (χ4v) is 3.71. The molecule has 19 heavy (non-hydrogen) atoms. The molecule has 1 atom stereocenters. The van der Waals surface area contributed by atoms with Crippen molar-refractivity contribution < 1.29 is 4.79 Å². The van der Waals surface area contributed by atoms with Crippen molar-refractivity contribution >= 4 is 27.3 Å². The highest BCUT2D eigenvalue weighted by Crippen LogP contribution is 2.33. The van der Waals surface area contributed by atoms with E-state index in [9.17, 15) is 9.59 Å². The smallest absolute Gasteiger partial charge is 0.279 e. The number of carbonyl (C=O) groups is 1. The van der Waals surface area contributed by atoms with Crippen molar-refractivity contribution in [1.29, 1.82) is 0 Å². The van der Waals surface area contributed by atoms with Gasteiger partial charge < -0.3 is 0 Å². The Morgan fingerprint density at radius 2 is 2.11 bits per heavy atom. The Kier molecular flexibility index (Phi) is 2.97. The second-order valence-corrected chi connectivity index (χ2v) is 6.10. The number of nitrogens with zero attached hydrogens (tertiary/aromatic N) is 3. The zero-order chi connectivity index (χ0) is 13.6. The second kappa shape index (κ2) is 4.52. The molecule has 0 N–H and O–H groups in total. The molecular formula is C13H15N3O2S. The summed E-state index contributed by atoms with van der Waals surface area (Å²) in [6.45, 7) is 3.15. The molecule has 2 heterocycles. The number of thiophene rings is 1. The molecule has 0 fully saturated rings. The normalized spacial score (nSPS) is 16.3. The molecule has 0 saturated carbocycles. The summed E-state index contributed by atoms with van der Waals surface area (Å²) in [7, 11) is 0. The van der Waals surface area contributed by atoms with Crippen molar-refractivity contribution in [3.63, 3.8) is 0 Å². The molecule has 2 aromatic heterocycles. The maximum atomic E-state index is 12.5. The highest BCUT2D eigenvalue weighted by atomic mass is 32.1. The number of fused-ring (bicyclic) bond motifs is 3. The maximum Gasteiger partial charge on any atom is 0.279 e. The van der Waals surface area contributed by atoms with Gasteiger partial charge >= 0.3 is 0 Å². The van der Waals surface area contributed by atoms with E-state index in [-0.39, 0.29) is 11.3 Å². The standard InChI is InChI=1S/C13H15N3O2S/c1-7(8(2)17)16-13(18)11-9-5-3-4-6-10(9)19-12(11)14-15-16/h7H,3-6H2,1-2H3/t7-/m1/s1. The van der Waals surface area contributed by atoms with Crippen molar-refractivity contribution in [3.8, 4) is 0 Å². The van der Waals surface area contributed by atoms with Crippen LogP contribution >= 0.6 is 11.3 Å². The van der Waals surface area contributed by atoms with Gasteiger partial charge in [0.15, 0.2) is 10.6 Å². The van der Waals surface area contributed by atoms with E-state index in [2.05, 4.69) is 10.3 Å². The molecule has 5 nitrogen and oxygen atoms in total. The lowest BCUT2D eigenvalue weighted by atomic mass is 9.97. The van der Waals surface area contributed by atoms with Crippen molar-refractivity contribution in [2.24, 2.45) is 0 Å². The summed E-state index contributed by atoms with van der Waals surface area (Å²) >= 11 is 1.57. The third-order valence-electron chi connectivity index (χ3n) is 3.76. The van der Waals surface area contributed by atoms with Gasteiger partial charge in [-0.25, -0.2) is 4.68 Å². The summed E-state index contributed by atoms with van der Waals surface area (Å²) in [5.41, 5.74) is 0.961. The highest BCUT2D eigenvalue weighted by molar-refractivity contribution is 7.18. The lowest BCUT2D eigenvalue weighted by Crippen LogP contribution is -2.30. The molecule has 2 aromatic rings. The van der Waals surface area contributed by atoms with Gasteiger partial charge in [0.25, 0.3) is 5.56 Å². The minimum absolute atomic E-state index is 0.0835. The van der Waals surface area contributed by atoms with Crippen LogP contribution in [0.15, 0.2) is 4.79 Å². The average Bonchev–Trinajstić information content (AvgIpc) is 2.77. The Morgan fingerprint density at radius 1 is 1.37 bits per heavy atom. The first-order chi connectivity index (χ1) is 9.09. The van der Waals surface area contributed by atoms with Crippen molar-refractivity contribution in [1.82, 2.24) is 15.0 Å². The number of aromatic nitrogens is 3. The number of hydrogen-bond acceptors (Lipinski definition) is 5. The second-order valence-electron chi connectivity index (χ2n) is 5.02. The molecule has 0 bridgehead atoms. The van der Waals surface area contributed by atoms with Gasteiger partial charge in [-0.1, -0.05) is 5.21 Å². The van der Waals surface area contributed by atoms with E-state index < -0.39 is 6.04 Å². The van der Waals surface area contributed by atoms with Gasteiger partial charge in [-0.2, -0.15) is 0 Å². The minimum atomic E-state index is -0.552. The van der Waals surface area contributed by atoms with Crippen LogP contribution in [0, 0.1) is 0 Å². The first-order valence-corrected chi connectivity index (χ1v) is 7.31. The summed E-state index contributed by atoms with van der Waals surface area (Å²) in [6, 6.07) is -0.552. The molecule has 6 heteroatoms. The van der Waals surface area contributed by atoms with Gasteiger partial charge in [0.1, 0.15) is 6.04 Å². The van der Waals surface area contributed by atoms with Crippen LogP contribution in [0.5, 0.6) is 0 Å². The van der Waals surface area contributed by atoms with E-state index in [0.29, 0.717) is 10.2 Å². The highest BCUT2D eigenvalue weighted by Gasteiger charge is 2.22. The minimum Gasteiger partial charge on any atom is -0.298 e. The van der Waals surface area contributed by atoms with E-state index in [1.165, 1.54) is 22.9 Å². The van der Waals surface area contributed by atoms with Crippen LogP contribution in [-0.4, -0.2) is 20.8 Å². The van der Waals surface area contributed by atoms with Crippen LogP contribution in [-0.2, 0) is 17.6 Å². The van der Waals surface area contributed by atoms with E-state index in [4.69, 9.17) is 0 Å². The van der Waals surface area contributed by atoms with Crippen LogP contribution in [0.4, 0.5) is 0 Å². The molecule has 100 valence electrons. The number of rotatable bonds is 2. The lowest BCUT2D eigenvalue weighted by molar-refractivity contribution is -0.120. The Hall–Kier alpha value is -1.56. The molecule has 0 saturated heterocycles. The summed E-state index contributed by atoms with van der Waals surface area (Å²) in [4.78, 5) is 25.9. The van der Waals surface area contributed by atoms with Crippen LogP contribution in [0.3, 0.4) is 0 Å². The fraction of sp³-hybridized carbons (Fsp3) is 0.538. The zero-order valence-corrected chi connectivity index (χ0v) is 11.8.